The van der Waals surface area contributed by atoms with Gasteiger partial charge in [0, 0.05) is 6.54 Å². The van der Waals surface area contributed by atoms with Crippen molar-refractivity contribution in [2.24, 2.45) is 5.92 Å². The average molecular weight is 407 g/mol. The number of thioether (sulfide) groups is 1. The summed E-state index contributed by atoms with van der Waals surface area (Å²) in [7, 11) is 1.91. The van der Waals surface area contributed by atoms with Crippen LogP contribution in [0.25, 0.3) is 0 Å². The largest absolute Gasteiger partial charge is 0.391 e. The van der Waals surface area contributed by atoms with E-state index in [9.17, 15) is 25.2 Å². The fourth-order valence-corrected chi connectivity index (χ4v) is 4.81. The molecular weight excluding hydrogens is 372 g/mol. The monoisotopic (exact) mass is 406 g/mol. The lowest BCUT2D eigenvalue weighted by Crippen LogP contribution is -2.65. The Morgan fingerprint density at radius 2 is 1.96 bits per heavy atom. The van der Waals surface area contributed by atoms with E-state index in [-0.39, 0.29) is 11.9 Å². The first-order chi connectivity index (χ1) is 12.7. The van der Waals surface area contributed by atoms with Crippen molar-refractivity contribution in [1.82, 2.24) is 10.2 Å². The number of ether oxygens (including phenoxy) is 1. The molecule has 158 valence electrons. The number of aliphatic hydroxyl groups excluding tert-OH is 4. The highest BCUT2D eigenvalue weighted by Gasteiger charge is 2.48. The normalized spacial score (nSPS) is 39.9. The van der Waals surface area contributed by atoms with E-state index in [1.807, 2.05) is 11.9 Å². The van der Waals surface area contributed by atoms with Gasteiger partial charge in [0.05, 0.1) is 18.2 Å². The van der Waals surface area contributed by atoms with Crippen LogP contribution in [0.2, 0.25) is 0 Å². The first kappa shape index (κ1) is 22.9. The summed E-state index contributed by atoms with van der Waals surface area (Å²) in [5.41, 5.74) is -0.755. The Morgan fingerprint density at radius 3 is 2.52 bits per heavy atom. The highest BCUT2D eigenvalue weighted by Crippen LogP contribution is 2.30. The molecule has 5 N–H and O–H groups in total. The Kier molecular flexibility index (Phi) is 8.35. The van der Waals surface area contributed by atoms with Crippen LogP contribution in [-0.4, -0.2) is 99.1 Å². The van der Waals surface area contributed by atoms with Crippen molar-refractivity contribution in [3.63, 3.8) is 0 Å². The van der Waals surface area contributed by atoms with Gasteiger partial charge in [0.1, 0.15) is 29.9 Å². The van der Waals surface area contributed by atoms with Crippen LogP contribution >= 0.6 is 11.8 Å². The lowest BCUT2D eigenvalue weighted by molar-refractivity contribution is -0.211. The quantitative estimate of drug-likeness (QED) is 0.370. The number of rotatable bonds is 7. The Hall–Kier alpha value is -0.420. The van der Waals surface area contributed by atoms with Gasteiger partial charge in [-0.2, -0.15) is 0 Å². The molecular formula is C18H34N2O6S. The number of nitrogens with zero attached hydrogens (tertiary/aromatic N) is 1. The van der Waals surface area contributed by atoms with E-state index in [2.05, 4.69) is 12.2 Å². The van der Waals surface area contributed by atoms with Gasteiger partial charge in [0.2, 0.25) is 5.91 Å². The second kappa shape index (κ2) is 9.87. The predicted octanol–water partition coefficient (Wildman–Crippen LogP) is -0.857. The van der Waals surface area contributed by atoms with Crippen molar-refractivity contribution < 1.29 is 30.0 Å². The molecule has 2 fully saturated rings. The molecule has 2 rings (SSSR count). The van der Waals surface area contributed by atoms with Crippen molar-refractivity contribution >= 4 is 17.7 Å². The first-order valence-electron chi connectivity index (χ1n) is 9.62. The number of nitrogens with one attached hydrogen (secondary N) is 1. The van der Waals surface area contributed by atoms with Gasteiger partial charge in [-0.3, -0.25) is 9.69 Å². The van der Waals surface area contributed by atoms with Crippen molar-refractivity contribution in [2.45, 2.75) is 81.1 Å². The van der Waals surface area contributed by atoms with Crippen LogP contribution in [0.5, 0.6) is 0 Å². The van der Waals surface area contributed by atoms with Crippen LogP contribution in [-0.2, 0) is 9.53 Å². The summed E-state index contributed by atoms with van der Waals surface area (Å²) >= 11 is 1.20. The van der Waals surface area contributed by atoms with Gasteiger partial charge in [0.25, 0.3) is 0 Å². The summed E-state index contributed by atoms with van der Waals surface area (Å²) in [5, 5.41) is 43.5. The number of carbonyl (C=O) groups excluding carboxylic acids is 1. The Bertz CT molecular complexity index is 494. The molecule has 0 radical (unpaired) electrons. The second-order valence-corrected chi connectivity index (χ2v) is 8.73. The summed E-state index contributed by atoms with van der Waals surface area (Å²) < 4.78 is 5.72. The van der Waals surface area contributed by atoms with Gasteiger partial charge in [-0.1, -0.05) is 13.3 Å². The molecule has 27 heavy (non-hydrogen) atoms. The molecule has 2 heterocycles. The number of hydrogen-bond donors (Lipinski definition) is 5. The maximum atomic E-state index is 12.8. The molecule has 0 aromatic rings. The molecule has 8 nitrogen and oxygen atoms in total. The smallest absolute Gasteiger partial charge is 0.237 e. The van der Waals surface area contributed by atoms with Gasteiger partial charge in [-0.05, 0) is 39.0 Å². The molecule has 1 amide bonds. The van der Waals surface area contributed by atoms with Gasteiger partial charge < -0.3 is 30.5 Å². The van der Waals surface area contributed by atoms with Crippen LogP contribution in [0.3, 0.4) is 0 Å². The number of carbonyl (C=O) groups is 1. The molecule has 2 aliphatic rings. The molecule has 2 saturated heterocycles. The number of amides is 1. The van der Waals surface area contributed by atoms with E-state index in [0.717, 1.165) is 25.8 Å². The van der Waals surface area contributed by atoms with Crippen molar-refractivity contribution in [3.8, 4) is 0 Å². The van der Waals surface area contributed by atoms with Crippen molar-refractivity contribution in [3.05, 3.63) is 0 Å². The molecule has 9 atom stereocenters. The van der Waals surface area contributed by atoms with E-state index in [1.165, 1.54) is 18.7 Å². The zero-order chi connectivity index (χ0) is 20.3. The number of hydrogen-bond acceptors (Lipinski definition) is 8. The fraction of sp³-hybridized carbons (Fsp3) is 0.944. The standard InChI is InChI=1S/C18H34N2O6S/c1-5-6-10-7-11(20(3)8-10)17(25)19-12(9(2)21)16-14(23)13(22)15(24)18(26-16)27-4/h9-16,18,21-24H,5-8H2,1-4H3,(H,19,25)/t9-,10-,11+,12+,13+,14-,15-,16-,18-/m1/s1. The van der Waals surface area contributed by atoms with Gasteiger partial charge in [-0.15, -0.1) is 11.8 Å². The van der Waals surface area contributed by atoms with Gasteiger partial charge >= 0.3 is 0 Å². The highest BCUT2D eigenvalue weighted by molar-refractivity contribution is 7.99. The Morgan fingerprint density at radius 1 is 1.30 bits per heavy atom. The highest BCUT2D eigenvalue weighted by atomic mass is 32.2. The lowest BCUT2D eigenvalue weighted by Gasteiger charge is -2.44. The van der Waals surface area contributed by atoms with Crippen molar-refractivity contribution in [1.29, 1.82) is 0 Å². The minimum atomic E-state index is -1.42. The van der Waals surface area contributed by atoms with E-state index in [1.54, 1.807) is 6.26 Å². The SMILES string of the molecule is CCC[C@@H]1C[C@@H](C(=O)N[C@H]([C@H]2O[C@H](SC)[C@H](O)[C@@H](O)[C@H]2O)[C@@H](C)O)N(C)C1. The average Bonchev–Trinajstić information content (AvgIpc) is 2.99. The van der Waals surface area contributed by atoms with Crippen LogP contribution < -0.4 is 5.32 Å². The maximum Gasteiger partial charge on any atom is 0.237 e. The summed E-state index contributed by atoms with van der Waals surface area (Å²) in [6.45, 7) is 4.48. The zero-order valence-electron chi connectivity index (χ0n) is 16.5. The topological polar surface area (TPSA) is 122 Å². The zero-order valence-corrected chi connectivity index (χ0v) is 17.3. The van der Waals surface area contributed by atoms with E-state index < -0.39 is 42.0 Å². The van der Waals surface area contributed by atoms with Crippen molar-refractivity contribution in [2.75, 3.05) is 19.8 Å². The predicted molar refractivity (Wildman–Crippen MR) is 103 cm³/mol. The molecule has 2 aliphatic heterocycles. The van der Waals surface area contributed by atoms with Gasteiger partial charge in [-0.25, -0.2) is 0 Å². The van der Waals surface area contributed by atoms with Gasteiger partial charge in [0.15, 0.2) is 0 Å². The summed E-state index contributed by atoms with van der Waals surface area (Å²) in [6, 6.07) is -1.20. The second-order valence-electron chi connectivity index (χ2n) is 7.80. The van der Waals surface area contributed by atoms with Crippen LogP contribution in [0, 0.1) is 5.92 Å². The maximum absolute atomic E-state index is 12.8. The van der Waals surface area contributed by atoms with Crippen LogP contribution in [0.1, 0.15) is 33.1 Å². The molecule has 0 aliphatic carbocycles. The lowest BCUT2D eigenvalue weighted by atomic mass is 9.92. The molecule has 0 saturated carbocycles. The minimum absolute atomic E-state index is 0.223. The Labute approximate surface area is 165 Å². The van der Waals surface area contributed by atoms with E-state index in [0.29, 0.717) is 5.92 Å². The fourth-order valence-electron chi connectivity index (χ4n) is 4.13. The molecule has 0 bridgehead atoms. The van der Waals surface area contributed by atoms with E-state index in [4.69, 9.17) is 4.74 Å². The summed E-state index contributed by atoms with van der Waals surface area (Å²) in [6.07, 6.45) is -1.50. The molecule has 9 heteroatoms. The first-order valence-corrected chi connectivity index (χ1v) is 10.9. The minimum Gasteiger partial charge on any atom is -0.391 e. The molecule has 0 unspecified atom stereocenters. The van der Waals surface area contributed by atoms with Crippen LogP contribution in [0.4, 0.5) is 0 Å². The Balaban J connectivity index is 2.09. The van der Waals surface area contributed by atoms with E-state index >= 15 is 0 Å². The number of aliphatic hydroxyl groups is 4. The molecule has 0 aromatic carbocycles. The third-order valence-electron chi connectivity index (χ3n) is 5.66. The summed E-state index contributed by atoms with van der Waals surface area (Å²) in [4.78, 5) is 14.9. The number of likely N-dealkylation sites (tertiary alicyclic amines) is 1. The molecule has 0 aromatic heterocycles. The summed E-state index contributed by atoms with van der Waals surface area (Å²) in [5.74, 6) is 0.245. The third kappa shape index (κ3) is 5.14. The van der Waals surface area contributed by atoms with Crippen LogP contribution in [0.15, 0.2) is 0 Å². The molecule has 0 spiro atoms. The number of likely N-dealkylation sites (N-methyl/N-ethyl adjacent to an activating group) is 1. The third-order valence-corrected chi connectivity index (χ3v) is 6.51.